The van der Waals surface area contributed by atoms with Gasteiger partial charge in [-0.05, 0) is 30.3 Å². The SMILES string of the molecule is CS(=O)(=O)c1cccc(NC(=O)CCOc2ccccc2)c1. The summed E-state index contributed by atoms with van der Waals surface area (Å²) in [5.41, 5.74) is 0.452. The summed E-state index contributed by atoms with van der Waals surface area (Å²) in [6.45, 7) is 0.252. The first-order valence-electron chi connectivity index (χ1n) is 6.73. The van der Waals surface area contributed by atoms with E-state index in [4.69, 9.17) is 4.74 Å². The number of nitrogens with one attached hydrogen (secondary N) is 1. The van der Waals surface area contributed by atoms with E-state index < -0.39 is 9.84 Å². The molecule has 1 N–H and O–H groups in total. The molecule has 0 atom stereocenters. The van der Waals surface area contributed by atoms with E-state index in [9.17, 15) is 13.2 Å². The van der Waals surface area contributed by atoms with Crippen molar-refractivity contribution in [1.29, 1.82) is 0 Å². The molecule has 1 amide bonds. The van der Waals surface area contributed by atoms with Gasteiger partial charge in [0.25, 0.3) is 0 Å². The number of ether oxygens (including phenoxy) is 1. The Balaban J connectivity index is 1.87. The van der Waals surface area contributed by atoms with Crippen molar-refractivity contribution < 1.29 is 17.9 Å². The van der Waals surface area contributed by atoms with Gasteiger partial charge in [-0.2, -0.15) is 0 Å². The van der Waals surface area contributed by atoms with Gasteiger partial charge in [-0.25, -0.2) is 8.42 Å². The fourth-order valence-electron chi connectivity index (χ4n) is 1.81. The molecule has 0 aliphatic rings. The quantitative estimate of drug-likeness (QED) is 0.888. The van der Waals surface area contributed by atoms with Gasteiger partial charge in [-0.1, -0.05) is 24.3 Å². The average molecular weight is 319 g/mol. The van der Waals surface area contributed by atoms with E-state index in [2.05, 4.69) is 5.32 Å². The monoisotopic (exact) mass is 319 g/mol. The van der Waals surface area contributed by atoms with Gasteiger partial charge >= 0.3 is 0 Å². The molecule has 0 spiro atoms. The number of amides is 1. The Kier molecular flexibility index (Phi) is 5.16. The minimum atomic E-state index is -3.29. The molecule has 2 aromatic rings. The molecular formula is C16H17NO4S. The summed E-state index contributed by atoms with van der Waals surface area (Å²) in [5, 5.41) is 2.66. The first-order valence-corrected chi connectivity index (χ1v) is 8.62. The maximum atomic E-state index is 11.8. The zero-order valence-electron chi connectivity index (χ0n) is 12.2. The van der Waals surface area contributed by atoms with Crippen molar-refractivity contribution in [3.8, 4) is 5.75 Å². The van der Waals surface area contributed by atoms with Crippen LogP contribution in [-0.2, 0) is 14.6 Å². The Morgan fingerprint density at radius 1 is 1.09 bits per heavy atom. The Morgan fingerprint density at radius 3 is 2.50 bits per heavy atom. The number of benzene rings is 2. The van der Waals surface area contributed by atoms with Gasteiger partial charge in [0.1, 0.15) is 5.75 Å². The minimum Gasteiger partial charge on any atom is -0.493 e. The summed E-state index contributed by atoms with van der Waals surface area (Å²) >= 11 is 0. The lowest BCUT2D eigenvalue weighted by Crippen LogP contribution is -2.15. The second kappa shape index (κ2) is 7.09. The standard InChI is InChI=1S/C16H17NO4S/c1-22(19,20)15-9-5-6-13(12-15)17-16(18)10-11-21-14-7-3-2-4-8-14/h2-9,12H,10-11H2,1H3,(H,17,18). The molecule has 5 nitrogen and oxygen atoms in total. The number of carbonyl (C=O) groups excluding carboxylic acids is 1. The Bertz CT molecular complexity index is 742. The van der Waals surface area contributed by atoms with Crippen molar-refractivity contribution >= 4 is 21.4 Å². The van der Waals surface area contributed by atoms with Crippen LogP contribution in [0.25, 0.3) is 0 Å². The molecule has 0 aliphatic carbocycles. The topological polar surface area (TPSA) is 72.5 Å². The van der Waals surface area contributed by atoms with Crippen molar-refractivity contribution in [2.45, 2.75) is 11.3 Å². The van der Waals surface area contributed by atoms with Gasteiger partial charge in [0, 0.05) is 11.9 Å². The Morgan fingerprint density at radius 2 is 1.82 bits per heavy atom. The highest BCUT2D eigenvalue weighted by molar-refractivity contribution is 7.90. The normalized spacial score (nSPS) is 11.0. The maximum Gasteiger partial charge on any atom is 0.227 e. The van der Waals surface area contributed by atoms with Crippen LogP contribution in [0, 0.1) is 0 Å². The predicted molar refractivity (Wildman–Crippen MR) is 84.7 cm³/mol. The summed E-state index contributed by atoms with van der Waals surface area (Å²) in [5.74, 6) is 0.468. The van der Waals surface area contributed by atoms with Crippen LogP contribution in [0.1, 0.15) is 6.42 Å². The lowest BCUT2D eigenvalue weighted by Gasteiger charge is -2.08. The lowest BCUT2D eigenvalue weighted by atomic mass is 10.3. The molecule has 0 saturated carbocycles. The summed E-state index contributed by atoms with van der Waals surface area (Å²) in [7, 11) is -3.29. The highest BCUT2D eigenvalue weighted by atomic mass is 32.2. The van der Waals surface area contributed by atoms with Crippen molar-refractivity contribution in [3.63, 3.8) is 0 Å². The molecule has 0 saturated heterocycles. The van der Waals surface area contributed by atoms with Crippen molar-refractivity contribution in [3.05, 3.63) is 54.6 Å². The van der Waals surface area contributed by atoms with Gasteiger partial charge in [0.15, 0.2) is 9.84 Å². The molecule has 0 fully saturated rings. The molecule has 0 aliphatic heterocycles. The van der Waals surface area contributed by atoms with Crippen molar-refractivity contribution in [2.24, 2.45) is 0 Å². The van der Waals surface area contributed by atoms with Crippen LogP contribution in [0.3, 0.4) is 0 Å². The second-order valence-corrected chi connectivity index (χ2v) is 6.78. The Hall–Kier alpha value is -2.34. The van der Waals surface area contributed by atoms with Crippen LogP contribution in [0.5, 0.6) is 5.75 Å². The third-order valence-electron chi connectivity index (χ3n) is 2.89. The van der Waals surface area contributed by atoms with E-state index in [1.807, 2.05) is 30.3 Å². The first-order chi connectivity index (χ1) is 10.4. The minimum absolute atomic E-state index is 0.172. The smallest absolute Gasteiger partial charge is 0.227 e. The van der Waals surface area contributed by atoms with E-state index in [0.29, 0.717) is 11.4 Å². The number of rotatable bonds is 6. The second-order valence-electron chi connectivity index (χ2n) is 4.76. The molecule has 0 bridgehead atoms. The fourth-order valence-corrected chi connectivity index (χ4v) is 2.47. The summed E-state index contributed by atoms with van der Waals surface area (Å²) in [6.07, 6.45) is 1.31. The van der Waals surface area contributed by atoms with Crippen LogP contribution in [-0.4, -0.2) is 27.2 Å². The van der Waals surface area contributed by atoms with Gasteiger partial charge in [0.2, 0.25) is 5.91 Å². The summed E-state index contributed by atoms with van der Waals surface area (Å²) in [6, 6.07) is 15.4. The van der Waals surface area contributed by atoms with E-state index in [1.54, 1.807) is 12.1 Å². The van der Waals surface area contributed by atoms with Crippen molar-refractivity contribution in [1.82, 2.24) is 0 Å². The number of hydrogen-bond donors (Lipinski definition) is 1. The zero-order valence-corrected chi connectivity index (χ0v) is 13.0. The predicted octanol–water partition coefficient (Wildman–Crippen LogP) is 2.50. The van der Waals surface area contributed by atoms with Gasteiger partial charge in [-0.3, -0.25) is 4.79 Å². The number of para-hydroxylation sites is 1. The van der Waals surface area contributed by atoms with Crippen LogP contribution >= 0.6 is 0 Å². The number of sulfone groups is 1. The van der Waals surface area contributed by atoms with Crippen molar-refractivity contribution in [2.75, 3.05) is 18.2 Å². The average Bonchev–Trinajstić information content (AvgIpc) is 2.48. The Labute approximate surface area is 129 Å². The molecule has 22 heavy (non-hydrogen) atoms. The molecule has 0 radical (unpaired) electrons. The zero-order chi connectivity index (χ0) is 16.0. The van der Waals surface area contributed by atoms with Crippen LogP contribution < -0.4 is 10.1 Å². The van der Waals surface area contributed by atoms with Gasteiger partial charge < -0.3 is 10.1 Å². The number of hydrogen-bond acceptors (Lipinski definition) is 4. The molecule has 6 heteroatoms. The van der Waals surface area contributed by atoms with Crippen LogP contribution in [0.4, 0.5) is 5.69 Å². The molecule has 0 heterocycles. The van der Waals surface area contributed by atoms with E-state index in [0.717, 1.165) is 6.26 Å². The molecular weight excluding hydrogens is 302 g/mol. The van der Waals surface area contributed by atoms with E-state index in [1.165, 1.54) is 12.1 Å². The number of carbonyl (C=O) groups is 1. The number of anilines is 1. The molecule has 0 unspecified atom stereocenters. The summed E-state index contributed by atoms with van der Waals surface area (Å²) < 4.78 is 28.4. The van der Waals surface area contributed by atoms with Gasteiger partial charge in [-0.15, -0.1) is 0 Å². The highest BCUT2D eigenvalue weighted by Gasteiger charge is 2.09. The molecule has 116 valence electrons. The third kappa shape index (κ3) is 4.89. The third-order valence-corrected chi connectivity index (χ3v) is 4.00. The van der Waals surface area contributed by atoms with E-state index in [-0.39, 0.29) is 23.8 Å². The van der Waals surface area contributed by atoms with Crippen LogP contribution in [0.15, 0.2) is 59.5 Å². The lowest BCUT2D eigenvalue weighted by molar-refractivity contribution is -0.116. The summed E-state index contributed by atoms with van der Waals surface area (Å²) in [4.78, 5) is 12.0. The first kappa shape index (κ1) is 16.0. The van der Waals surface area contributed by atoms with Crippen LogP contribution in [0.2, 0.25) is 0 Å². The van der Waals surface area contributed by atoms with Gasteiger partial charge in [0.05, 0.1) is 17.9 Å². The largest absolute Gasteiger partial charge is 0.493 e. The molecule has 2 aromatic carbocycles. The highest BCUT2D eigenvalue weighted by Crippen LogP contribution is 2.15. The fraction of sp³-hybridized carbons (Fsp3) is 0.188. The molecule has 0 aromatic heterocycles. The maximum absolute atomic E-state index is 11.8. The molecule has 2 rings (SSSR count). The van der Waals surface area contributed by atoms with E-state index >= 15 is 0 Å².